The van der Waals surface area contributed by atoms with Crippen molar-refractivity contribution in [1.29, 1.82) is 0 Å². The lowest BCUT2D eigenvalue weighted by molar-refractivity contribution is 0.155. The predicted molar refractivity (Wildman–Crippen MR) is 132 cm³/mol. The molecule has 4 heterocycles. The zero-order chi connectivity index (χ0) is 24.1. The summed E-state index contributed by atoms with van der Waals surface area (Å²) in [5, 5.41) is 10.9. The Labute approximate surface area is 201 Å². The Balaban J connectivity index is 1.55. The van der Waals surface area contributed by atoms with Crippen LogP contribution in [0.1, 0.15) is 5.56 Å². The molecule has 2 aliphatic heterocycles. The van der Waals surface area contributed by atoms with Gasteiger partial charge in [0.05, 0.1) is 30.6 Å². The first kappa shape index (κ1) is 21.9. The second-order valence-corrected chi connectivity index (χ2v) is 9.01. The fourth-order valence-electron chi connectivity index (χ4n) is 5.08. The standard InChI is InChI=1S/C25H27N5O5/c1-29-6-8-30(9-7-29)5-4-14-21-16(11-20(32-2)24(14)33-3)23-22(26-25(21)31)15-10-18-19(35-13-34-18)12-17(15)27-28-23/h10-12H,4-9,13H2,1-3H3,(H,26,31). The first-order valence-electron chi connectivity index (χ1n) is 11.7. The Hall–Kier alpha value is -3.63. The molecule has 2 aromatic heterocycles. The van der Waals surface area contributed by atoms with Gasteiger partial charge in [-0.25, -0.2) is 0 Å². The lowest BCUT2D eigenvalue weighted by Crippen LogP contribution is -2.45. The van der Waals surface area contributed by atoms with Gasteiger partial charge in [0.1, 0.15) is 5.52 Å². The summed E-state index contributed by atoms with van der Waals surface area (Å²) in [5.74, 6) is 2.38. The Bertz CT molecular complexity index is 1510. The maximum atomic E-state index is 13.6. The van der Waals surface area contributed by atoms with E-state index < -0.39 is 0 Å². The smallest absolute Gasteiger partial charge is 0.256 e. The SMILES string of the molecule is COc1cc2c(c(CCN3CCN(C)CC3)c1OC)c(=O)[nH]c1c3cc4c(cc3nnc21)OCO4. The quantitative estimate of drug-likeness (QED) is 0.433. The van der Waals surface area contributed by atoms with Crippen LogP contribution in [0.2, 0.25) is 0 Å². The van der Waals surface area contributed by atoms with Gasteiger partial charge >= 0.3 is 0 Å². The molecular weight excluding hydrogens is 450 g/mol. The van der Waals surface area contributed by atoms with E-state index in [9.17, 15) is 4.79 Å². The van der Waals surface area contributed by atoms with Crippen LogP contribution in [-0.2, 0) is 6.42 Å². The van der Waals surface area contributed by atoms with Crippen molar-refractivity contribution in [1.82, 2.24) is 25.0 Å². The summed E-state index contributed by atoms with van der Waals surface area (Å²) < 4.78 is 22.5. The van der Waals surface area contributed by atoms with Gasteiger partial charge in [0.2, 0.25) is 6.79 Å². The molecule has 0 spiro atoms. The first-order valence-corrected chi connectivity index (χ1v) is 11.7. The lowest BCUT2D eigenvalue weighted by Gasteiger charge is -2.32. The molecule has 35 heavy (non-hydrogen) atoms. The third-order valence-electron chi connectivity index (χ3n) is 7.02. The average Bonchev–Trinajstić information content (AvgIpc) is 3.33. The number of benzene rings is 2. The maximum Gasteiger partial charge on any atom is 0.256 e. The largest absolute Gasteiger partial charge is 0.493 e. The normalized spacial score (nSPS) is 16.4. The van der Waals surface area contributed by atoms with Gasteiger partial charge in [0.25, 0.3) is 5.56 Å². The van der Waals surface area contributed by atoms with Crippen LogP contribution in [0.3, 0.4) is 0 Å². The molecule has 1 saturated heterocycles. The number of pyridine rings is 1. The van der Waals surface area contributed by atoms with E-state index >= 15 is 0 Å². The zero-order valence-electron chi connectivity index (χ0n) is 20.0. The number of likely N-dealkylation sites (N-methyl/N-ethyl adjacent to an activating group) is 1. The van der Waals surface area contributed by atoms with Crippen LogP contribution >= 0.6 is 0 Å². The number of aromatic nitrogens is 3. The number of hydrogen-bond donors (Lipinski definition) is 1. The van der Waals surface area contributed by atoms with E-state index in [2.05, 4.69) is 32.0 Å². The van der Waals surface area contributed by atoms with Crippen molar-refractivity contribution < 1.29 is 18.9 Å². The molecule has 2 aliphatic rings. The summed E-state index contributed by atoms with van der Waals surface area (Å²) in [7, 11) is 5.35. The molecule has 0 unspecified atom stereocenters. The Morgan fingerprint density at radius 3 is 2.51 bits per heavy atom. The van der Waals surface area contributed by atoms with E-state index in [0.717, 1.165) is 43.7 Å². The molecule has 1 N–H and O–H groups in total. The van der Waals surface area contributed by atoms with E-state index in [4.69, 9.17) is 18.9 Å². The minimum absolute atomic E-state index is 0.157. The molecule has 0 radical (unpaired) electrons. The fraction of sp³-hybridized carbons (Fsp3) is 0.400. The Morgan fingerprint density at radius 1 is 1.00 bits per heavy atom. The molecule has 0 bridgehead atoms. The monoisotopic (exact) mass is 477 g/mol. The molecular formula is C25H27N5O5. The lowest BCUT2D eigenvalue weighted by atomic mass is 9.99. The number of piperazine rings is 1. The molecule has 0 saturated carbocycles. The average molecular weight is 478 g/mol. The van der Waals surface area contributed by atoms with Crippen LogP contribution in [-0.4, -0.2) is 85.8 Å². The minimum atomic E-state index is -0.200. The predicted octanol–water partition coefficient (Wildman–Crippen LogP) is 2.16. The van der Waals surface area contributed by atoms with Crippen molar-refractivity contribution in [2.75, 3.05) is 60.8 Å². The van der Waals surface area contributed by atoms with Crippen LogP contribution in [0, 0.1) is 0 Å². The van der Waals surface area contributed by atoms with Gasteiger partial charge in [-0.05, 0) is 25.6 Å². The number of hydrogen-bond acceptors (Lipinski definition) is 9. The van der Waals surface area contributed by atoms with Crippen molar-refractivity contribution >= 4 is 32.7 Å². The molecule has 1 fully saturated rings. The number of H-pyrrole nitrogens is 1. The number of methoxy groups -OCH3 is 2. The van der Waals surface area contributed by atoms with Gasteiger partial charge in [0.15, 0.2) is 23.0 Å². The third-order valence-corrected chi connectivity index (χ3v) is 7.02. The van der Waals surface area contributed by atoms with E-state index in [0.29, 0.717) is 56.7 Å². The Kier molecular flexibility index (Phi) is 5.34. The molecule has 0 amide bonds. The number of rotatable bonds is 5. The minimum Gasteiger partial charge on any atom is -0.493 e. The highest BCUT2D eigenvalue weighted by Crippen LogP contribution is 2.41. The topological polar surface area (TPSA) is 102 Å². The van der Waals surface area contributed by atoms with E-state index in [-0.39, 0.29) is 12.4 Å². The first-order chi connectivity index (χ1) is 17.1. The summed E-state index contributed by atoms with van der Waals surface area (Å²) in [4.78, 5) is 21.4. The van der Waals surface area contributed by atoms with Crippen LogP contribution in [0.5, 0.6) is 23.0 Å². The number of nitrogens with zero attached hydrogens (tertiary/aromatic N) is 4. The molecule has 182 valence electrons. The van der Waals surface area contributed by atoms with Crippen molar-refractivity contribution in [2.24, 2.45) is 0 Å². The summed E-state index contributed by atoms with van der Waals surface area (Å²) in [6.45, 7) is 5.02. The zero-order valence-corrected chi connectivity index (χ0v) is 20.0. The van der Waals surface area contributed by atoms with Crippen molar-refractivity contribution in [3.63, 3.8) is 0 Å². The highest BCUT2D eigenvalue weighted by atomic mass is 16.7. The maximum absolute atomic E-state index is 13.6. The fourth-order valence-corrected chi connectivity index (χ4v) is 5.08. The molecule has 10 nitrogen and oxygen atoms in total. The van der Waals surface area contributed by atoms with Crippen LogP contribution in [0.4, 0.5) is 0 Å². The van der Waals surface area contributed by atoms with Crippen molar-refractivity contribution in [2.45, 2.75) is 6.42 Å². The molecule has 6 rings (SSSR count). The summed E-state index contributed by atoms with van der Waals surface area (Å²) in [6, 6.07) is 5.44. The summed E-state index contributed by atoms with van der Waals surface area (Å²) >= 11 is 0. The van der Waals surface area contributed by atoms with E-state index in [1.165, 1.54) is 0 Å². The molecule has 2 aromatic carbocycles. The number of ether oxygens (including phenoxy) is 4. The van der Waals surface area contributed by atoms with E-state index in [1.54, 1.807) is 20.3 Å². The second kappa shape index (κ2) is 8.54. The highest BCUT2D eigenvalue weighted by Gasteiger charge is 2.23. The van der Waals surface area contributed by atoms with Gasteiger partial charge in [-0.1, -0.05) is 0 Å². The number of aromatic amines is 1. The van der Waals surface area contributed by atoms with Crippen LogP contribution in [0.25, 0.3) is 32.7 Å². The number of nitrogens with one attached hydrogen (secondary N) is 1. The molecule has 0 aliphatic carbocycles. The summed E-state index contributed by atoms with van der Waals surface area (Å²) in [6.07, 6.45) is 0.648. The summed E-state index contributed by atoms with van der Waals surface area (Å²) in [5.41, 5.74) is 2.42. The van der Waals surface area contributed by atoms with Gasteiger partial charge in [-0.15, -0.1) is 10.2 Å². The van der Waals surface area contributed by atoms with E-state index in [1.807, 2.05) is 12.1 Å². The van der Waals surface area contributed by atoms with Crippen molar-refractivity contribution in [3.05, 3.63) is 34.1 Å². The number of fused-ring (bicyclic) bond motifs is 6. The highest BCUT2D eigenvalue weighted by molar-refractivity contribution is 6.13. The van der Waals surface area contributed by atoms with Gasteiger partial charge in [-0.3, -0.25) is 4.79 Å². The molecule has 0 atom stereocenters. The second-order valence-electron chi connectivity index (χ2n) is 9.01. The van der Waals surface area contributed by atoms with Gasteiger partial charge < -0.3 is 33.7 Å². The van der Waals surface area contributed by atoms with Crippen LogP contribution in [0.15, 0.2) is 23.0 Å². The Morgan fingerprint density at radius 2 is 1.77 bits per heavy atom. The third kappa shape index (κ3) is 3.60. The van der Waals surface area contributed by atoms with Gasteiger partial charge in [0, 0.05) is 55.1 Å². The molecule has 10 heteroatoms. The van der Waals surface area contributed by atoms with Crippen molar-refractivity contribution in [3.8, 4) is 23.0 Å². The van der Waals surface area contributed by atoms with Gasteiger partial charge in [-0.2, -0.15) is 0 Å². The molecule has 4 aromatic rings. The van der Waals surface area contributed by atoms with Crippen LogP contribution < -0.4 is 24.5 Å².